The number of benzene rings is 1. The molecule has 0 saturated carbocycles. The van der Waals surface area contributed by atoms with Gasteiger partial charge in [-0.25, -0.2) is 4.39 Å². The first-order valence-electron chi connectivity index (χ1n) is 6.32. The number of hydrogen-bond donors (Lipinski definition) is 1. The Kier molecular flexibility index (Phi) is 7.02. The number of halogens is 2. The van der Waals surface area contributed by atoms with Crippen LogP contribution in [0.2, 0.25) is 0 Å². The summed E-state index contributed by atoms with van der Waals surface area (Å²) < 4.78 is 19.3. The molecule has 5 heteroatoms. The SMILES string of the molecule is CC(C)COCCCNC(=O)c1cccc(Br)c1F. The summed E-state index contributed by atoms with van der Waals surface area (Å²) in [6, 6.07) is 4.66. The molecule has 0 heterocycles. The van der Waals surface area contributed by atoms with Crippen molar-refractivity contribution >= 4 is 21.8 Å². The van der Waals surface area contributed by atoms with Gasteiger partial charge in [-0.1, -0.05) is 19.9 Å². The Morgan fingerprint density at radius 2 is 2.21 bits per heavy atom. The van der Waals surface area contributed by atoms with E-state index in [1.165, 1.54) is 6.07 Å². The largest absolute Gasteiger partial charge is 0.381 e. The first-order valence-corrected chi connectivity index (χ1v) is 7.11. The van der Waals surface area contributed by atoms with E-state index in [1.807, 2.05) is 0 Å². The van der Waals surface area contributed by atoms with Crippen LogP contribution < -0.4 is 5.32 Å². The molecule has 1 amide bonds. The van der Waals surface area contributed by atoms with Crippen molar-refractivity contribution in [3.8, 4) is 0 Å². The van der Waals surface area contributed by atoms with Crippen molar-refractivity contribution in [2.24, 2.45) is 5.92 Å². The first-order chi connectivity index (χ1) is 9.02. The van der Waals surface area contributed by atoms with E-state index in [0.717, 1.165) is 0 Å². The third-order valence-electron chi connectivity index (χ3n) is 2.40. The summed E-state index contributed by atoms with van der Waals surface area (Å²) in [5.74, 6) is -0.427. The van der Waals surface area contributed by atoms with Crippen LogP contribution in [0.25, 0.3) is 0 Å². The van der Waals surface area contributed by atoms with E-state index >= 15 is 0 Å². The average Bonchev–Trinajstić information content (AvgIpc) is 2.36. The molecule has 3 nitrogen and oxygen atoms in total. The van der Waals surface area contributed by atoms with Crippen molar-refractivity contribution in [2.45, 2.75) is 20.3 Å². The van der Waals surface area contributed by atoms with Crippen LogP contribution in [0.15, 0.2) is 22.7 Å². The third-order valence-corrected chi connectivity index (χ3v) is 3.01. The lowest BCUT2D eigenvalue weighted by molar-refractivity contribution is 0.0921. The van der Waals surface area contributed by atoms with Gasteiger partial charge in [-0.2, -0.15) is 0 Å². The number of rotatable bonds is 7. The van der Waals surface area contributed by atoms with Gasteiger partial charge < -0.3 is 10.1 Å². The van der Waals surface area contributed by atoms with Crippen LogP contribution in [0, 0.1) is 11.7 Å². The van der Waals surface area contributed by atoms with Crippen LogP contribution in [0.1, 0.15) is 30.6 Å². The molecule has 0 aliphatic rings. The van der Waals surface area contributed by atoms with Crippen molar-refractivity contribution < 1.29 is 13.9 Å². The summed E-state index contributed by atoms with van der Waals surface area (Å²) >= 11 is 3.06. The standard InChI is InChI=1S/C14H19BrFNO2/c1-10(2)9-19-8-4-7-17-14(18)11-5-3-6-12(15)13(11)16/h3,5-6,10H,4,7-9H2,1-2H3,(H,17,18). The second-order valence-corrected chi connectivity index (χ2v) is 5.53. The van der Waals surface area contributed by atoms with Gasteiger partial charge in [0.1, 0.15) is 5.82 Å². The lowest BCUT2D eigenvalue weighted by Crippen LogP contribution is -2.26. The second-order valence-electron chi connectivity index (χ2n) is 4.68. The second kappa shape index (κ2) is 8.27. The van der Waals surface area contributed by atoms with E-state index in [0.29, 0.717) is 36.6 Å². The van der Waals surface area contributed by atoms with Gasteiger partial charge in [0.05, 0.1) is 10.0 Å². The Morgan fingerprint density at radius 3 is 2.89 bits per heavy atom. The van der Waals surface area contributed by atoms with Gasteiger partial charge >= 0.3 is 0 Å². The summed E-state index contributed by atoms with van der Waals surface area (Å²) in [4.78, 5) is 11.7. The highest BCUT2D eigenvalue weighted by Gasteiger charge is 2.12. The molecule has 0 spiro atoms. The molecule has 1 aromatic rings. The number of carbonyl (C=O) groups is 1. The maximum atomic E-state index is 13.6. The lowest BCUT2D eigenvalue weighted by atomic mass is 10.2. The molecule has 0 atom stereocenters. The third kappa shape index (κ3) is 5.70. The van der Waals surface area contributed by atoms with Gasteiger partial charge in [-0.05, 0) is 40.4 Å². The Morgan fingerprint density at radius 1 is 1.47 bits per heavy atom. The van der Waals surface area contributed by atoms with Crippen LogP contribution >= 0.6 is 15.9 Å². The van der Waals surface area contributed by atoms with Gasteiger partial charge in [0.2, 0.25) is 0 Å². The van der Waals surface area contributed by atoms with E-state index in [2.05, 4.69) is 35.1 Å². The van der Waals surface area contributed by atoms with Gasteiger partial charge in [0.25, 0.3) is 5.91 Å². The molecule has 106 valence electrons. The number of carbonyl (C=O) groups excluding carboxylic acids is 1. The minimum Gasteiger partial charge on any atom is -0.381 e. The molecular formula is C14H19BrFNO2. The van der Waals surface area contributed by atoms with Crippen molar-refractivity contribution in [2.75, 3.05) is 19.8 Å². The molecule has 0 saturated heterocycles. The van der Waals surface area contributed by atoms with E-state index in [9.17, 15) is 9.18 Å². The highest BCUT2D eigenvalue weighted by molar-refractivity contribution is 9.10. The van der Waals surface area contributed by atoms with Crippen molar-refractivity contribution in [3.63, 3.8) is 0 Å². The normalized spacial score (nSPS) is 10.8. The number of nitrogens with one attached hydrogen (secondary N) is 1. The summed E-state index contributed by atoms with van der Waals surface area (Å²) in [5.41, 5.74) is 0.0532. The first kappa shape index (κ1) is 16.1. The van der Waals surface area contributed by atoms with Crippen LogP contribution in [0.5, 0.6) is 0 Å². The van der Waals surface area contributed by atoms with Crippen LogP contribution in [0.3, 0.4) is 0 Å². The molecule has 1 aromatic carbocycles. The van der Waals surface area contributed by atoms with Crippen LogP contribution in [-0.2, 0) is 4.74 Å². The van der Waals surface area contributed by atoms with E-state index in [4.69, 9.17) is 4.74 Å². The van der Waals surface area contributed by atoms with E-state index in [1.54, 1.807) is 12.1 Å². The van der Waals surface area contributed by atoms with Gasteiger partial charge in [0.15, 0.2) is 0 Å². The Balaban J connectivity index is 2.30. The Bertz CT molecular complexity index is 424. The molecule has 0 aliphatic carbocycles. The highest BCUT2D eigenvalue weighted by atomic mass is 79.9. The number of amides is 1. The number of ether oxygens (including phenoxy) is 1. The Labute approximate surface area is 121 Å². The van der Waals surface area contributed by atoms with Crippen LogP contribution in [-0.4, -0.2) is 25.7 Å². The molecule has 0 fully saturated rings. The maximum absolute atomic E-state index is 13.6. The summed E-state index contributed by atoms with van der Waals surface area (Å²) in [7, 11) is 0. The summed E-state index contributed by atoms with van der Waals surface area (Å²) in [6.45, 7) is 5.95. The fourth-order valence-electron chi connectivity index (χ4n) is 1.47. The molecule has 0 aliphatic heterocycles. The van der Waals surface area contributed by atoms with E-state index < -0.39 is 11.7 Å². The predicted molar refractivity (Wildman–Crippen MR) is 76.7 cm³/mol. The fourth-order valence-corrected chi connectivity index (χ4v) is 1.84. The highest BCUT2D eigenvalue weighted by Crippen LogP contribution is 2.18. The fraction of sp³-hybridized carbons (Fsp3) is 0.500. The molecule has 0 bridgehead atoms. The predicted octanol–water partition coefficient (Wildman–Crippen LogP) is 3.38. The molecule has 1 N–H and O–H groups in total. The zero-order valence-electron chi connectivity index (χ0n) is 11.2. The topological polar surface area (TPSA) is 38.3 Å². The molecule has 0 aromatic heterocycles. The van der Waals surface area contributed by atoms with Gasteiger partial charge in [0, 0.05) is 19.8 Å². The lowest BCUT2D eigenvalue weighted by Gasteiger charge is -2.08. The smallest absolute Gasteiger partial charge is 0.254 e. The molecular weight excluding hydrogens is 313 g/mol. The minimum atomic E-state index is -0.531. The minimum absolute atomic E-state index is 0.0532. The van der Waals surface area contributed by atoms with Gasteiger partial charge in [-0.15, -0.1) is 0 Å². The zero-order chi connectivity index (χ0) is 14.3. The molecule has 1 rings (SSSR count). The van der Waals surface area contributed by atoms with Crippen molar-refractivity contribution in [3.05, 3.63) is 34.1 Å². The van der Waals surface area contributed by atoms with Crippen molar-refractivity contribution in [1.82, 2.24) is 5.32 Å². The quantitative estimate of drug-likeness (QED) is 0.778. The van der Waals surface area contributed by atoms with E-state index in [-0.39, 0.29) is 5.56 Å². The summed E-state index contributed by atoms with van der Waals surface area (Å²) in [5, 5.41) is 2.68. The van der Waals surface area contributed by atoms with Crippen molar-refractivity contribution in [1.29, 1.82) is 0 Å². The monoisotopic (exact) mass is 331 g/mol. The molecule has 0 radical (unpaired) electrons. The molecule has 0 unspecified atom stereocenters. The Hall–Kier alpha value is -0.940. The maximum Gasteiger partial charge on any atom is 0.254 e. The van der Waals surface area contributed by atoms with Crippen LogP contribution in [0.4, 0.5) is 4.39 Å². The van der Waals surface area contributed by atoms with Gasteiger partial charge in [-0.3, -0.25) is 4.79 Å². The summed E-state index contributed by atoms with van der Waals surface area (Å²) in [6.07, 6.45) is 0.716. The zero-order valence-corrected chi connectivity index (χ0v) is 12.8. The number of hydrogen-bond acceptors (Lipinski definition) is 2. The molecule has 19 heavy (non-hydrogen) atoms. The average molecular weight is 332 g/mol.